The van der Waals surface area contributed by atoms with Crippen molar-refractivity contribution in [3.8, 4) is 0 Å². The number of nitrogens with two attached hydrogens (primary N) is 1. The van der Waals surface area contributed by atoms with Gasteiger partial charge in [0.05, 0.1) is 12.6 Å². The minimum Gasteiger partial charge on any atom is -0.368 e. The zero-order valence-corrected chi connectivity index (χ0v) is 11.0. The van der Waals surface area contributed by atoms with Crippen molar-refractivity contribution in [2.75, 3.05) is 13.6 Å². The van der Waals surface area contributed by atoms with Gasteiger partial charge in [0.25, 0.3) is 0 Å². The van der Waals surface area contributed by atoms with E-state index in [2.05, 4.69) is 5.32 Å². The molecular formula is C13H23N3O2. The van der Waals surface area contributed by atoms with Crippen LogP contribution >= 0.6 is 0 Å². The van der Waals surface area contributed by atoms with Crippen molar-refractivity contribution in [2.45, 2.75) is 50.6 Å². The van der Waals surface area contributed by atoms with Gasteiger partial charge in [0.1, 0.15) is 0 Å². The minimum atomic E-state index is -0.461. The summed E-state index contributed by atoms with van der Waals surface area (Å²) in [6.45, 7) is 0.00507. The Kier molecular flexibility index (Phi) is 4.22. The molecule has 0 bridgehead atoms. The second-order valence-corrected chi connectivity index (χ2v) is 5.61. The standard InChI is InChI=1S/C13H23N3O2/c1-16(8-12(14)17)13(18)11-7-6-9-4-2-3-5-10(9)15-11/h9-11,15H,2-8H2,1H3,(H2,14,17). The second kappa shape index (κ2) is 5.69. The summed E-state index contributed by atoms with van der Waals surface area (Å²) in [5.74, 6) is 0.277. The summed E-state index contributed by atoms with van der Waals surface area (Å²) in [6, 6.07) is 0.358. The number of amides is 2. The van der Waals surface area contributed by atoms with Crippen molar-refractivity contribution >= 4 is 11.8 Å². The third kappa shape index (κ3) is 3.02. The average Bonchev–Trinajstić information content (AvgIpc) is 2.36. The Morgan fingerprint density at radius 3 is 2.67 bits per heavy atom. The molecule has 0 aromatic carbocycles. The van der Waals surface area contributed by atoms with Crippen molar-refractivity contribution in [1.29, 1.82) is 0 Å². The van der Waals surface area contributed by atoms with Gasteiger partial charge in [0.15, 0.2) is 0 Å². The van der Waals surface area contributed by atoms with E-state index in [0.29, 0.717) is 6.04 Å². The first-order valence-electron chi connectivity index (χ1n) is 6.87. The summed E-state index contributed by atoms with van der Waals surface area (Å²) in [5, 5.41) is 3.47. The number of nitrogens with zero attached hydrogens (tertiary/aromatic N) is 1. The van der Waals surface area contributed by atoms with E-state index in [4.69, 9.17) is 5.73 Å². The van der Waals surface area contributed by atoms with Gasteiger partial charge in [0.2, 0.25) is 11.8 Å². The van der Waals surface area contributed by atoms with Gasteiger partial charge < -0.3 is 16.0 Å². The molecule has 1 aliphatic carbocycles. The van der Waals surface area contributed by atoms with Gasteiger partial charge in [-0.3, -0.25) is 9.59 Å². The molecule has 2 rings (SSSR count). The number of hydrogen-bond donors (Lipinski definition) is 2. The molecule has 0 aromatic rings. The van der Waals surface area contributed by atoms with Crippen LogP contribution in [0.3, 0.4) is 0 Å². The molecular weight excluding hydrogens is 230 g/mol. The topological polar surface area (TPSA) is 75.4 Å². The third-order valence-electron chi connectivity index (χ3n) is 4.22. The molecule has 18 heavy (non-hydrogen) atoms. The maximum absolute atomic E-state index is 12.2. The molecule has 0 radical (unpaired) electrons. The monoisotopic (exact) mass is 253 g/mol. The van der Waals surface area contributed by atoms with Crippen LogP contribution in [0.4, 0.5) is 0 Å². The molecule has 3 atom stereocenters. The molecule has 2 aliphatic rings. The van der Waals surface area contributed by atoms with E-state index < -0.39 is 5.91 Å². The summed E-state index contributed by atoms with van der Waals surface area (Å²) in [7, 11) is 1.64. The van der Waals surface area contributed by atoms with Crippen LogP contribution in [0.1, 0.15) is 38.5 Å². The Labute approximate surface area is 108 Å². The summed E-state index contributed by atoms with van der Waals surface area (Å²) in [4.78, 5) is 24.4. The Bertz CT molecular complexity index is 332. The van der Waals surface area contributed by atoms with Gasteiger partial charge in [-0.1, -0.05) is 12.8 Å². The first-order chi connectivity index (χ1) is 8.58. The van der Waals surface area contributed by atoms with Crippen molar-refractivity contribution in [3.05, 3.63) is 0 Å². The minimum absolute atomic E-state index is 0.00202. The fourth-order valence-electron chi connectivity index (χ4n) is 3.27. The van der Waals surface area contributed by atoms with E-state index in [9.17, 15) is 9.59 Å². The molecule has 2 fully saturated rings. The fraction of sp³-hybridized carbons (Fsp3) is 0.846. The molecule has 1 heterocycles. The number of likely N-dealkylation sites (N-methyl/N-ethyl adjacent to an activating group) is 1. The average molecular weight is 253 g/mol. The van der Waals surface area contributed by atoms with Crippen LogP contribution in [0.2, 0.25) is 0 Å². The lowest BCUT2D eigenvalue weighted by Gasteiger charge is -2.40. The summed E-state index contributed by atoms with van der Waals surface area (Å²) < 4.78 is 0. The summed E-state index contributed by atoms with van der Waals surface area (Å²) in [6.07, 6.45) is 7.04. The maximum atomic E-state index is 12.2. The number of fused-ring (bicyclic) bond motifs is 1. The number of hydrogen-bond acceptors (Lipinski definition) is 3. The van der Waals surface area contributed by atoms with Crippen LogP contribution in [0, 0.1) is 5.92 Å². The van der Waals surface area contributed by atoms with Gasteiger partial charge in [-0.05, 0) is 31.6 Å². The predicted molar refractivity (Wildman–Crippen MR) is 68.7 cm³/mol. The smallest absolute Gasteiger partial charge is 0.239 e. The quantitative estimate of drug-likeness (QED) is 0.756. The van der Waals surface area contributed by atoms with Crippen molar-refractivity contribution < 1.29 is 9.59 Å². The van der Waals surface area contributed by atoms with E-state index in [1.54, 1.807) is 7.05 Å². The third-order valence-corrected chi connectivity index (χ3v) is 4.22. The molecule has 1 saturated heterocycles. The molecule has 1 saturated carbocycles. The van der Waals surface area contributed by atoms with E-state index in [1.807, 2.05) is 0 Å². The van der Waals surface area contributed by atoms with Crippen LogP contribution in [-0.2, 0) is 9.59 Å². The van der Waals surface area contributed by atoms with Crippen LogP contribution in [0.15, 0.2) is 0 Å². The van der Waals surface area contributed by atoms with Gasteiger partial charge >= 0.3 is 0 Å². The van der Waals surface area contributed by atoms with E-state index >= 15 is 0 Å². The number of piperidine rings is 1. The van der Waals surface area contributed by atoms with E-state index in [-0.39, 0.29) is 18.5 Å². The zero-order chi connectivity index (χ0) is 13.1. The Morgan fingerprint density at radius 1 is 1.22 bits per heavy atom. The number of nitrogens with one attached hydrogen (secondary N) is 1. The molecule has 0 spiro atoms. The first-order valence-corrected chi connectivity index (χ1v) is 6.87. The lowest BCUT2D eigenvalue weighted by atomic mass is 9.77. The van der Waals surface area contributed by atoms with Crippen LogP contribution in [0.5, 0.6) is 0 Å². The molecule has 2 amide bonds. The van der Waals surface area contributed by atoms with Crippen LogP contribution < -0.4 is 11.1 Å². The van der Waals surface area contributed by atoms with Crippen LogP contribution in [0.25, 0.3) is 0 Å². The van der Waals surface area contributed by atoms with E-state index in [1.165, 1.54) is 30.6 Å². The van der Waals surface area contributed by atoms with Crippen molar-refractivity contribution in [3.63, 3.8) is 0 Å². The summed E-state index contributed by atoms with van der Waals surface area (Å²) >= 11 is 0. The number of carbonyl (C=O) groups excluding carboxylic acids is 2. The molecule has 3 N–H and O–H groups in total. The SMILES string of the molecule is CN(CC(N)=O)C(=O)C1CCC2CCCCC2N1. The first kappa shape index (κ1) is 13.3. The largest absolute Gasteiger partial charge is 0.368 e. The molecule has 0 aromatic heterocycles. The Hall–Kier alpha value is -1.10. The Morgan fingerprint density at radius 2 is 1.94 bits per heavy atom. The lowest BCUT2D eigenvalue weighted by Crippen LogP contribution is -2.55. The van der Waals surface area contributed by atoms with Crippen LogP contribution in [-0.4, -0.2) is 42.4 Å². The maximum Gasteiger partial charge on any atom is 0.239 e. The molecule has 5 nitrogen and oxygen atoms in total. The summed E-state index contributed by atoms with van der Waals surface area (Å²) in [5.41, 5.74) is 5.11. The normalized spacial score (nSPS) is 31.5. The highest BCUT2D eigenvalue weighted by molar-refractivity contribution is 5.86. The Balaban J connectivity index is 1.89. The van der Waals surface area contributed by atoms with E-state index in [0.717, 1.165) is 18.8 Å². The highest BCUT2D eigenvalue weighted by Gasteiger charge is 2.35. The van der Waals surface area contributed by atoms with Gasteiger partial charge in [-0.25, -0.2) is 0 Å². The number of carbonyl (C=O) groups is 2. The van der Waals surface area contributed by atoms with Crippen molar-refractivity contribution in [1.82, 2.24) is 10.2 Å². The van der Waals surface area contributed by atoms with Gasteiger partial charge in [-0.15, -0.1) is 0 Å². The highest BCUT2D eigenvalue weighted by atomic mass is 16.2. The second-order valence-electron chi connectivity index (χ2n) is 5.61. The zero-order valence-electron chi connectivity index (χ0n) is 11.0. The van der Waals surface area contributed by atoms with Gasteiger partial charge in [0, 0.05) is 13.1 Å². The number of rotatable bonds is 3. The molecule has 1 aliphatic heterocycles. The lowest BCUT2D eigenvalue weighted by molar-refractivity contribution is -0.136. The fourth-order valence-corrected chi connectivity index (χ4v) is 3.27. The predicted octanol–water partition coefficient (Wildman–Crippen LogP) is 0.241. The van der Waals surface area contributed by atoms with Gasteiger partial charge in [-0.2, -0.15) is 0 Å². The highest BCUT2D eigenvalue weighted by Crippen LogP contribution is 2.32. The molecule has 3 unspecified atom stereocenters. The van der Waals surface area contributed by atoms with Crippen molar-refractivity contribution in [2.24, 2.45) is 11.7 Å². The molecule has 5 heteroatoms. The number of primary amides is 1. The molecule has 102 valence electrons.